The second-order valence-corrected chi connectivity index (χ2v) is 23.1. The second kappa shape index (κ2) is 18.8. The third kappa shape index (κ3) is 7.89. The molecule has 0 aromatic heterocycles. The van der Waals surface area contributed by atoms with Crippen molar-refractivity contribution in [3.63, 3.8) is 0 Å². The van der Waals surface area contributed by atoms with Crippen molar-refractivity contribution in [1.82, 2.24) is 0 Å². The van der Waals surface area contributed by atoms with Crippen LogP contribution in [-0.4, -0.2) is 203 Å². The molecular weight excluding hydrogens is 897 g/mol. The molecule has 0 aromatic carbocycles. The molecule has 0 radical (unpaired) electrons. The highest BCUT2D eigenvalue weighted by atomic mass is 16.8. The summed E-state index contributed by atoms with van der Waals surface area (Å²) < 4.78 is 34.6. The van der Waals surface area contributed by atoms with Gasteiger partial charge in [-0.1, -0.05) is 53.2 Å². The first kappa shape index (κ1) is 52.8. The van der Waals surface area contributed by atoms with Crippen LogP contribution < -0.4 is 0 Å². The molecule has 0 amide bonds. The first-order valence-electron chi connectivity index (χ1n) is 24.6. The number of fused-ring (bicyclic) bond motifs is 7. The topological polar surface area (TPSA) is 335 Å². The lowest BCUT2D eigenvalue weighted by molar-refractivity contribution is -0.361. The Bertz CT molecular complexity index is 1860. The Labute approximate surface area is 396 Å². The Morgan fingerprint density at radius 2 is 1.34 bits per heavy atom. The fraction of sp³-hybridized carbons (Fsp3) is 0.938. The number of hydrogen-bond acceptors (Lipinski definition) is 20. The van der Waals surface area contributed by atoms with Gasteiger partial charge in [-0.25, -0.2) is 0 Å². The van der Waals surface area contributed by atoms with E-state index in [4.69, 9.17) is 28.4 Å². The van der Waals surface area contributed by atoms with Crippen LogP contribution in [0.4, 0.5) is 0 Å². The zero-order valence-electron chi connectivity index (χ0n) is 40.1. The van der Waals surface area contributed by atoms with Gasteiger partial charge < -0.3 is 94.8 Å². The fourth-order valence-electron chi connectivity index (χ4n) is 15.4. The maximum Gasteiger partial charge on any atom is 0.315 e. The lowest BCUT2D eigenvalue weighted by atomic mass is 9.32. The maximum absolute atomic E-state index is 15.0. The quantitative estimate of drug-likeness (QED) is 0.0873. The van der Waals surface area contributed by atoms with E-state index in [0.717, 1.165) is 5.57 Å². The van der Waals surface area contributed by atoms with Crippen molar-refractivity contribution in [2.75, 3.05) is 19.8 Å². The van der Waals surface area contributed by atoms with Crippen molar-refractivity contribution in [1.29, 1.82) is 0 Å². The Morgan fingerprint density at radius 1 is 0.706 bits per heavy atom. The first-order valence-corrected chi connectivity index (χ1v) is 24.6. The van der Waals surface area contributed by atoms with Gasteiger partial charge in [-0.2, -0.15) is 0 Å². The Morgan fingerprint density at radius 3 is 2.00 bits per heavy atom. The Hall–Kier alpha value is -1.51. The number of carbonyl (C=O) groups excluding carboxylic acids is 1. The zero-order chi connectivity index (χ0) is 50.0. The number of rotatable bonds is 9. The number of allylic oxidation sites excluding steroid dienone is 2. The average Bonchev–Trinajstić information content (AvgIpc) is 3.29. The van der Waals surface area contributed by atoms with Crippen LogP contribution in [0.3, 0.4) is 0 Å². The minimum absolute atomic E-state index is 0.0115. The molecule has 20 nitrogen and oxygen atoms in total. The molecule has 8 aliphatic rings. The second-order valence-electron chi connectivity index (χ2n) is 23.1. The van der Waals surface area contributed by atoms with Crippen LogP contribution in [-0.2, 0) is 33.2 Å². The van der Waals surface area contributed by atoms with E-state index in [-0.39, 0.29) is 30.1 Å². The molecule has 3 heterocycles. The average molecular weight is 975 g/mol. The minimum atomic E-state index is -1.89. The molecule has 390 valence electrons. The molecule has 4 saturated carbocycles. The summed E-state index contributed by atoms with van der Waals surface area (Å²) in [4.78, 5) is 15.0. The van der Waals surface area contributed by atoms with Crippen LogP contribution in [0.5, 0.6) is 0 Å². The van der Waals surface area contributed by atoms with E-state index < -0.39 is 169 Å². The van der Waals surface area contributed by atoms with E-state index in [1.54, 1.807) is 6.92 Å². The van der Waals surface area contributed by atoms with Crippen LogP contribution in [0.15, 0.2) is 11.6 Å². The molecule has 20 heteroatoms. The van der Waals surface area contributed by atoms with Gasteiger partial charge in [-0.3, -0.25) is 4.79 Å². The molecule has 0 unspecified atom stereocenters. The van der Waals surface area contributed by atoms with Gasteiger partial charge in [-0.05, 0) is 91.8 Å². The molecule has 0 aromatic rings. The van der Waals surface area contributed by atoms with E-state index in [0.29, 0.717) is 38.5 Å². The van der Waals surface area contributed by atoms with Gasteiger partial charge in [0, 0.05) is 11.3 Å². The standard InChI is InChI=1S/C48H78O20/c1-19-10-11-48(13-12-46(6)22(28(48)20(19)2)8-9-27-44(4)14-24(52)39(61)45(5,18-50)38(44)23(51)15-47(27,46)7)43(62)68-42-35(59)32(56)30(54)26(66-42)17-63-40-36(60)33(57)37(25(16-49)65-40)67-41-34(58)31(55)29(53)21(3)64-41/h8,19-21,23-42,49-61H,9-18H2,1-7H3/t19-,20+,21+,23-,24-,25-,26-,27-,28+,29+,30-,31-,32+,33-,34-,35-,36-,37-,38-,39+,40-,41+,42+,44-,45+,46+,47-,48+/m1/s1. The predicted octanol–water partition coefficient (Wildman–Crippen LogP) is -2.06. The number of aliphatic hydroxyl groups is 13. The van der Waals surface area contributed by atoms with E-state index in [2.05, 4.69) is 40.7 Å². The van der Waals surface area contributed by atoms with Gasteiger partial charge in [0.05, 0.1) is 49.7 Å². The summed E-state index contributed by atoms with van der Waals surface area (Å²) >= 11 is 0. The van der Waals surface area contributed by atoms with Crippen LogP contribution in [0.2, 0.25) is 0 Å². The summed E-state index contributed by atoms with van der Waals surface area (Å²) in [7, 11) is 0. The number of esters is 1. The highest BCUT2D eigenvalue weighted by Crippen LogP contribution is 2.76. The molecule has 8 rings (SSSR count). The number of ether oxygens (including phenoxy) is 6. The van der Waals surface area contributed by atoms with Crippen molar-refractivity contribution < 1.29 is 99.6 Å². The molecule has 5 aliphatic carbocycles. The van der Waals surface area contributed by atoms with Crippen molar-refractivity contribution in [3.05, 3.63) is 11.6 Å². The van der Waals surface area contributed by atoms with Gasteiger partial charge in [0.25, 0.3) is 0 Å². The number of aliphatic hydroxyl groups excluding tert-OH is 13. The predicted molar refractivity (Wildman–Crippen MR) is 233 cm³/mol. The monoisotopic (exact) mass is 975 g/mol. The largest absolute Gasteiger partial charge is 0.432 e. The maximum atomic E-state index is 15.0. The van der Waals surface area contributed by atoms with E-state index in [9.17, 15) is 66.4 Å². The van der Waals surface area contributed by atoms with Gasteiger partial charge in [0.2, 0.25) is 6.29 Å². The zero-order valence-corrected chi connectivity index (χ0v) is 40.1. The molecule has 0 bridgehead atoms. The Balaban J connectivity index is 0.994. The lowest BCUT2D eigenvalue weighted by Gasteiger charge is -2.72. The minimum Gasteiger partial charge on any atom is -0.432 e. The molecule has 68 heavy (non-hydrogen) atoms. The van der Waals surface area contributed by atoms with Gasteiger partial charge in [0.1, 0.15) is 67.1 Å². The van der Waals surface area contributed by atoms with Crippen molar-refractivity contribution in [2.24, 2.45) is 56.7 Å². The first-order chi connectivity index (χ1) is 31.8. The number of hydrogen-bond donors (Lipinski definition) is 13. The molecule has 28 atom stereocenters. The highest BCUT2D eigenvalue weighted by Gasteiger charge is 2.73. The summed E-state index contributed by atoms with van der Waals surface area (Å²) in [5, 5.41) is 142. The molecular formula is C48H78O20. The molecule has 3 aliphatic heterocycles. The third-order valence-electron chi connectivity index (χ3n) is 19.6. The number of carbonyl (C=O) groups is 1. The van der Waals surface area contributed by atoms with Gasteiger partial charge >= 0.3 is 5.97 Å². The SMILES string of the molecule is C[C@H]1[C@H](C)CC[C@]2(C(=O)O[C@@H]3O[C@H](CO[C@@H]4O[C@H](CO)[C@@H](O[C@@H]5O[C@@H](C)[C@H](O)[C@@H](O)[C@H]5O)[C@H](O)[C@H]4O)[C@@H](O)[C@H](O)[C@H]3O)CC[C@@]3(C)C(=CC[C@@H]4[C@@]5(C)C[C@@H](O)[C@H](O)[C@@](C)(CO)[C@@H]5[C@H](O)C[C@]43C)[C@H]12. The van der Waals surface area contributed by atoms with Crippen molar-refractivity contribution in [2.45, 2.75) is 204 Å². The molecule has 7 fully saturated rings. The fourth-order valence-corrected chi connectivity index (χ4v) is 15.4. The van der Waals surface area contributed by atoms with Gasteiger partial charge in [0.15, 0.2) is 12.6 Å². The Kier molecular flexibility index (Phi) is 14.6. The molecule has 3 saturated heterocycles. The third-order valence-corrected chi connectivity index (χ3v) is 19.6. The smallest absolute Gasteiger partial charge is 0.315 e. The van der Waals surface area contributed by atoms with E-state index in [1.807, 2.05) is 0 Å². The summed E-state index contributed by atoms with van der Waals surface area (Å²) in [6, 6.07) is 0. The summed E-state index contributed by atoms with van der Waals surface area (Å²) in [5.41, 5.74) is -2.84. The summed E-state index contributed by atoms with van der Waals surface area (Å²) in [6.45, 7) is 12.1. The summed E-state index contributed by atoms with van der Waals surface area (Å²) in [6.07, 6.45) is -22.3. The summed E-state index contributed by atoms with van der Waals surface area (Å²) in [5.74, 6) is -1.31. The van der Waals surface area contributed by atoms with Crippen LogP contribution in [0.1, 0.15) is 93.4 Å². The van der Waals surface area contributed by atoms with Crippen LogP contribution >= 0.6 is 0 Å². The highest BCUT2D eigenvalue weighted by molar-refractivity contribution is 5.79. The van der Waals surface area contributed by atoms with Crippen LogP contribution in [0, 0.1) is 56.7 Å². The molecule has 0 spiro atoms. The van der Waals surface area contributed by atoms with Gasteiger partial charge in [-0.15, -0.1) is 0 Å². The van der Waals surface area contributed by atoms with E-state index in [1.165, 1.54) is 6.92 Å². The van der Waals surface area contributed by atoms with Crippen molar-refractivity contribution >= 4 is 5.97 Å². The van der Waals surface area contributed by atoms with Crippen molar-refractivity contribution in [3.8, 4) is 0 Å². The normalized spacial score (nSPS) is 57.1. The van der Waals surface area contributed by atoms with E-state index >= 15 is 4.79 Å². The van der Waals surface area contributed by atoms with Crippen LogP contribution in [0.25, 0.3) is 0 Å². The lowest BCUT2D eigenvalue weighted by Crippen LogP contribution is -2.71. The molecule has 13 N–H and O–H groups in total.